The minimum Gasteiger partial charge on any atom is -0.352 e. The molecule has 2 atom stereocenters. The number of carbonyl (C=O) groups excluding carboxylic acids is 2. The fourth-order valence-corrected chi connectivity index (χ4v) is 5.70. The average Bonchev–Trinajstić information content (AvgIpc) is 2.94. The highest BCUT2D eigenvalue weighted by Gasteiger charge is 2.31. The number of hydrogen-bond donors (Lipinski definition) is 1. The maximum absolute atomic E-state index is 13.9. The molecule has 0 radical (unpaired) electrons. The van der Waals surface area contributed by atoms with Crippen molar-refractivity contribution in [2.75, 3.05) is 17.1 Å². The van der Waals surface area contributed by atoms with E-state index in [9.17, 15) is 18.0 Å². The normalized spacial score (nSPS) is 12.8. The van der Waals surface area contributed by atoms with E-state index in [1.807, 2.05) is 62.4 Å². The minimum atomic E-state index is -3.61. The molecule has 3 rings (SSSR count). The van der Waals surface area contributed by atoms with Gasteiger partial charge in [0.2, 0.25) is 21.8 Å². The zero-order valence-corrected chi connectivity index (χ0v) is 25.9. The molecule has 0 aliphatic heterocycles. The number of nitrogens with zero attached hydrogens (tertiary/aromatic N) is 2. The summed E-state index contributed by atoms with van der Waals surface area (Å²) < 4.78 is 26.4. The van der Waals surface area contributed by atoms with E-state index in [0.717, 1.165) is 23.8 Å². The Labute approximate surface area is 253 Å². The fourth-order valence-electron chi connectivity index (χ4n) is 4.42. The molecule has 0 saturated heterocycles. The molecule has 3 aromatic carbocycles. The zero-order chi connectivity index (χ0) is 30.0. The van der Waals surface area contributed by atoms with Gasteiger partial charge in [0.25, 0.3) is 0 Å². The van der Waals surface area contributed by atoms with Crippen molar-refractivity contribution in [2.45, 2.75) is 58.2 Å². The number of amides is 2. The second kappa shape index (κ2) is 15.2. The number of hydrogen-bond acceptors (Lipinski definition) is 4. The first-order valence-corrected chi connectivity index (χ1v) is 16.2. The highest BCUT2D eigenvalue weighted by Crippen LogP contribution is 2.23. The van der Waals surface area contributed by atoms with Gasteiger partial charge in [-0.1, -0.05) is 78.7 Å². The Morgan fingerprint density at radius 3 is 2.17 bits per heavy atom. The number of nitrogens with one attached hydrogen (secondary N) is 1. The molecule has 2 unspecified atom stereocenters. The largest absolute Gasteiger partial charge is 0.352 e. The van der Waals surface area contributed by atoms with Crippen LogP contribution in [0.1, 0.15) is 44.2 Å². The quantitative estimate of drug-likeness (QED) is 0.237. The van der Waals surface area contributed by atoms with Crippen LogP contribution in [-0.2, 0) is 32.6 Å². The lowest BCUT2D eigenvalue weighted by Crippen LogP contribution is -2.52. The average molecular weight is 619 g/mol. The summed E-state index contributed by atoms with van der Waals surface area (Å²) in [5, 5.41) is 4.03. The van der Waals surface area contributed by atoms with Crippen molar-refractivity contribution in [1.82, 2.24) is 10.2 Å². The molecule has 7 nitrogen and oxygen atoms in total. The third-order valence-electron chi connectivity index (χ3n) is 6.84. The number of halogens is 2. The lowest BCUT2D eigenvalue weighted by Gasteiger charge is -2.33. The molecule has 3 aromatic rings. The van der Waals surface area contributed by atoms with Gasteiger partial charge in [-0.3, -0.25) is 13.9 Å². The second-order valence-electron chi connectivity index (χ2n) is 10.1. The summed E-state index contributed by atoms with van der Waals surface area (Å²) in [6.07, 6.45) is 2.47. The van der Waals surface area contributed by atoms with E-state index in [4.69, 9.17) is 23.2 Å². The van der Waals surface area contributed by atoms with Crippen LogP contribution < -0.4 is 9.62 Å². The van der Waals surface area contributed by atoms with Crippen molar-refractivity contribution >= 4 is 50.7 Å². The fraction of sp³-hybridized carbons (Fsp3) is 0.355. The summed E-state index contributed by atoms with van der Waals surface area (Å²) in [6, 6.07) is 22.4. The molecule has 0 aromatic heterocycles. The van der Waals surface area contributed by atoms with Crippen molar-refractivity contribution in [1.29, 1.82) is 0 Å². The number of benzene rings is 3. The molecule has 0 bridgehead atoms. The van der Waals surface area contributed by atoms with Crippen molar-refractivity contribution in [2.24, 2.45) is 0 Å². The van der Waals surface area contributed by atoms with Crippen LogP contribution >= 0.6 is 23.2 Å². The Balaban J connectivity index is 1.89. The molecular formula is C31H37Cl2N3O4S. The van der Waals surface area contributed by atoms with Crippen LogP contribution in [0.4, 0.5) is 5.69 Å². The van der Waals surface area contributed by atoms with E-state index in [1.165, 1.54) is 4.31 Å². The van der Waals surface area contributed by atoms with Gasteiger partial charge < -0.3 is 10.2 Å². The van der Waals surface area contributed by atoms with Gasteiger partial charge in [-0.15, -0.1) is 0 Å². The predicted octanol–water partition coefficient (Wildman–Crippen LogP) is 6.09. The number of rotatable bonds is 14. The van der Waals surface area contributed by atoms with Crippen molar-refractivity contribution in [3.8, 4) is 0 Å². The molecule has 41 heavy (non-hydrogen) atoms. The molecule has 0 fully saturated rings. The van der Waals surface area contributed by atoms with Crippen molar-refractivity contribution in [3.05, 3.63) is 100 Å². The van der Waals surface area contributed by atoms with Crippen molar-refractivity contribution < 1.29 is 18.0 Å². The van der Waals surface area contributed by atoms with E-state index in [0.29, 0.717) is 22.2 Å². The lowest BCUT2D eigenvalue weighted by atomic mass is 10.0. The van der Waals surface area contributed by atoms with Gasteiger partial charge in [-0.2, -0.15) is 0 Å². The van der Waals surface area contributed by atoms with Gasteiger partial charge in [0.05, 0.1) is 11.9 Å². The molecular weight excluding hydrogens is 581 g/mol. The molecule has 2 amide bonds. The number of anilines is 1. The van der Waals surface area contributed by atoms with Gasteiger partial charge in [0.1, 0.15) is 6.04 Å². The van der Waals surface area contributed by atoms with Crippen LogP contribution in [0.2, 0.25) is 10.0 Å². The number of sulfonamides is 1. The molecule has 0 heterocycles. The monoisotopic (exact) mass is 617 g/mol. The Bertz CT molecular complexity index is 1400. The van der Waals surface area contributed by atoms with Crippen molar-refractivity contribution in [3.63, 3.8) is 0 Å². The van der Waals surface area contributed by atoms with Gasteiger partial charge in [-0.25, -0.2) is 8.42 Å². The lowest BCUT2D eigenvalue weighted by molar-refractivity contribution is -0.141. The smallest absolute Gasteiger partial charge is 0.243 e. The maximum Gasteiger partial charge on any atom is 0.243 e. The summed E-state index contributed by atoms with van der Waals surface area (Å²) in [4.78, 5) is 29.1. The second-order valence-corrected chi connectivity index (χ2v) is 12.8. The van der Waals surface area contributed by atoms with Crippen LogP contribution in [0.3, 0.4) is 0 Å². The molecule has 0 spiro atoms. The summed E-state index contributed by atoms with van der Waals surface area (Å²) >= 11 is 12.5. The Kier molecular flexibility index (Phi) is 12.1. The first-order valence-electron chi connectivity index (χ1n) is 13.6. The Hall–Kier alpha value is -3.07. The van der Waals surface area contributed by atoms with Gasteiger partial charge in [0.15, 0.2) is 0 Å². The van der Waals surface area contributed by atoms with E-state index in [-0.39, 0.29) is 43.8 Å². The molecule has 1 N–H and O–H groups in total. The molecule has 0 aliphatic carbocycles. The van der Waals surface area contributed by atoms with Gasteiger partial charge in [0, 0.05) is 42.0 Å². The summed E-state index contributed by atoms with van der Waals surface area (Å²) in [7, 11) is -3.61. The standard InChI is InChI=1S/C31H37Cl2N3O4S/c1-4-23(2)34-31(38)29(21-24-11-6-5-7-12-24)35(22-25-13-8-9-14-28(25)33)30(37)15-10-20-36(41(3,39)40)27-18-16-26(32)17-19-27/h5-9,11-14,16-19,23,29H,4,10,15,20-22H2,1-3H3,(H,34,38). The molecule has 0 saturated carbocycles. The highest BCUT2D eigenvalue weighted by atomic mass is 35.5. The third kappa shape index (κ3) is 9.76. The molecule has 0 aliphatic rings. The zero-order valence-electron chi connectivity index (χ0n) is 23.6. The number of carbonyl (C=O) groups is 2. The van der Waals surface area contributed by atoms with E-state index < -0.39 is 16.1 Å². The topological polar surface area (TPSA) is 86.8 Å². The summed E-state index contributed by atoms with van der Waals surface area (Å²) in [5.41, 5.74) is 2.10. The van der Waals surface area contributed by atoms with Crippen LogP contribution in [0.5, 0.6) is 0 Å². The Morgan fingerprint density at radius 1 is 0.927 bits per heavy atom. The Morgan fingerprint density at radius 2 is 1.56 bits per heavy atom. The predicted molar refractivity (Wildman–Crippen MR) is 167 cm³/mol. The summed E-state index contributed by atoms with van der Waals surface area (Å²) in [6.45, 7) is 4.14. The van der Waals surface area contributed by atoms with E-state index >= 15 is 0 Å². The van der Waals surface area contributed by atoms with Gasteiger partial charge >= 0.3 is 0 Å². The van der Waals surface area contributed by atoms with Crippen LogP contribution in [-0.4, -0.2) is 50.0 Å². The summed E-state index contributed by atoms with van der Waals surface area (Å²) in [5.74, 6) is -0.516. The molecule has 220 valence electrons. The molecule has 10 heteroatoms. The minimum absolute atomic E-state index is 0.0337. The first kappa shape index (κ1) is 32.4. The van der Waals surface area contributed by atoms with E-state index in [2.05, 4.69) is 5.32 Å². The first-order chi connectivity index (χ1) is 19.5. The van der Waals surface area contributed by atoms with Crippen LogP contribution in [0, 0.1) is 0 Å². The van der Waals surface area contributed by atoms with E-state index in [1.54, 1.807) is 35.2 Å². The SMILES string of the molecule is CCC(C)NC(=O)C(Cc1ccccc1)N(Cc1ccccc1Cl)C(=O)CCCN(c1ccc(Cl)cc1)S(C)(=O)=O. The van der Waals surface area contributed by atoms with Crippen LogP contribution in [0.15, 0.2) is 78.9 Å². The van der Waals surface area contributed by atoms with Gasteiger partial charge in [-0.05, 0) is 61.2 Å². The maximum atomic E-state index is 13.9. The third-order valence-corrected chi connectivity index (χ3v) is 8.65. The van der Waals surface area contributed by atoms with Crippen LogP contribution in [0.25, 0.3) is 0 Å². The highest BCUT2D eigenvalue weighted by molar-refractivity contribution is 7.92.